The molecule has 0 aliphatic rings. The summed E-state index contributed by atoms with van der Waals surface area (Å²) in [6.07, 6.45) is 82.2. The lowest BCUT2D eigenvalue weighted by Crippen LogP contribution is -2.30. The van der Waals surface area contributed by atoms with Crippen molar-refractivity contribution in [2.75, 3.05) is 13.2 Å². The molecule has 0 saturated carbocycles. The second-order valence-corrected chi connectivity index (χ2v) is 22.4. The van der Waals surface area contributed by atoms with Gasteiger partial charge in [-0.1, -0.05) is 281 Å². The zero-order chi connectivity index (χ0) is 55.0. The first-order chi connectivity index (χ1) is 37.5. The van der Waals surface area contributed by atoms with Crippen LogP contribution < -0.4 is 0 Å². The summed E-state index contributed by atoms with van der Waals surface area (Å²) in [6, 6.07) is 0. The molecule has 0 aromatic rings. The van der Waals surface area contributed by atoms with Crippen molar-refractivity contribution >= 4 is 17.9 Å². The zero-order valence-corrected chi connectivity index (χ0v) is 50.8. The van der Waals surface area contributed by atoms with Crippen LogP contribution in [-0.2, 0) is 28.6 Å². The van der Waals surface area contributed by atoms with Crippen molar-refractivity contribution < 1.29 is 28.6 Å². The van der Waals surface area contributed by atoms with Gasteiger partial charge in [-0.25, -0.2) is 0 Å². The lowest BCUT2D eigenvalue weighted by Gasteiger charge is -2.18. The van der Waals surface area contributed by atoms with Gasteiger partial charge in [-0.05, 0) is 109 Å². The fourth-order valence-corrected chi connectivity index (χ4v) is 9.68. The normalized spacial score (nSPS) is 12.4. The monoisotopic (exact) mass is 1060 g/mol. The van der Waals surface area contributed by atoms with Crippen molar-refractivity contribution in [2.24, 2.45) is 0 Å². The lowest BCUT2D eigenvalue weighted by molar-refractivity contribution is -0.167. The van der Waals surface area contributed by atoms with Gasteiger partial charge in [0.25, 0.3) is 0 Å². The van der Waals surface area contributed by atoms with Crippen molar-refractivity contribution in [2.45, 2.75) is 354 Å². The molecule has 0 spiro atoms. The quantitative estimate of drug-likeness (QED) is 0.0261. The first kappa shape index (κ1) is 73.1. The molecule has 1 unspecified atom stereocenters. The Bertz CT molecular complexity index is 1360. The Hall–Kier alpha value is -2.89. The number of carbonyl (C=O) groups is 3. The van der Waals surface area contributed by atoms with Crippen LogP contribution in [0, 0.1) is 0 Å². The molecule has 0 fully saturated rings. The molecule has 76 heavy (non-hydrogen) atoms. The van der Waals surface area contributed by atoms with E-state index in [0.717, 1.165) is 77.0 Å². The Morgan fingerprint density at radius 2 is 0.474 bits per heavy atom. The van der Waals surface area contributed by atoms with E-state index in [1.165, 1.54) is 231 Å². The molecule has 0 aromatic heterocycles. The highest BCUT2D eigenvalue weighted by atomic mass is 16.6. The summed E-state index contributed by atoms with van der Waals surface area (Å²) in [5.41, 5.74) is 0. The first-order valence-corrected chi connectivity index (χ1v) is 33.3. The van der Waals surface area contributed by atoms with Crippen LogP contribution in [0.3, 0.4) is 0 Å². The molecule has 0 N–H and O–H groups in total. The fraction of sp³-hybridized carbons (Fsp3) is 0.814. The molecule has 0 aliphatic heterocycles. The average molecular weight is 1060 g/mol. The molecule has 0 saturated heterocycles. The van der Waals surface area contributed by atoms with Gasteiger partial charge < -0.3 is 14.2 Å². The van der Waals surface area contributed by atoms with Crippen molar-refractivity contribution in [1.29, 1.82) is 0 Å². The number of ether oxygens (including phenoxy) is 3. The maximum absolute atomic E-state index is 12.9. The predicted molar refractivity (Wildman–Crippen MR) is 330 cm³/mol. The van der Waals surface area contributed by atoms with Gasteiger partial charge in [0.15, 0.2) is 6.10 Å². The molecule has 6 nitrogen and oxygen atoms in total. The number of rotatable bonds is 61. The minimum atomic E-state index is -0.784. The van der Waals surface area contributed by atoms with Gasteiger partial charge in [-0.15, -0.1) is 0 Å². The number of esters is 3. The van der Waals surface area contributed by atoms with Crippen LogP contribution in [0.5, 0.6) is 0 Å². The Labute approximate surface area is 472 Å². The van der Waals surface area contributed by atoms with Crippen molar-refractivity contribution in [3.63, 3.8) is 0 Å². The highest BCUT2D eigenvalue weighted by molar-refractivity contribution is 5.71. The van der Waals surface area contributed by atoms with Gasteiger partial charge in [-0.2, -0.15) is 0 Å². The van der Waals surface area contributed by atoms with Crippen LogP contribution in [0.2, 0.25) is 0 Å². The van der Waals surface area contributed by atoms with Gasteiger partial charge in [0.1, 0.15) is 13.2 Å². The van der Waals surface area contributed by atoms with E-state index in [1.54, 1.807) is 0 Å². The van der Waals surface area contributed by atoms with Crippen LogP contribution in [0.25, 0.3) is 0 Å². The molecular formula is C70H126O6. The summed E-state index contributed by atoms with van der Waals surface area (Å²) in [6.45, 7) is 6.66. The summed E-state index contributed by atoms with van der Waals surface area (Å²) < 4.78 is 17.0. The van der Waals surface area contributed by atoms with Crippen LogP contribution in [0.15, 0.2) is 60.8 Å². The van der Waals surface area contributed by atoms with E-state index < -0.39 is 6.10 Å². The van der Waals surface area contributed by atoms with Gasteiger partial charge in [0.2, 0.25) is 0 Å². The van der Waals surface area contributed by atoms with Crippen LogP contribution >= 0.6 is 0 Å². The average Bonchev–Trinajstić information content (AvgIpc) is 3.42. The second kappa shape index (κ2) is 64.6. The molecular weight excluding hydrogens is 937 g/mol. The summed E-state index contributed by atoms with van der Waals surface area (Å²) in [4.78, 5) is 38.4. The van der Waals surface area contributed by atoms with E-state index in [4.69, 9.17) is 14.2 Å². The standard InChI is InChI=1S/C70H126O6/c1-4-7-10-13-16-19-22-25-28-31-34-35-37-39-42-45-48-51-54-57-60-63-69(72)75-66-67(65-74-68(71)62-59-56-53-50-47-44-41-38-33-30-27-24-21-18-15-12-9-6-3)76-70(73)64-61-58-55-52-49-46-43-40-36-32-29-26-23-20-17-14-11-8-5-2/h22,25-26,29-31,33-34,37,39,67H,4-21,23-24,27-28,32,35-36,38,40-66H2,1-3H3/b25-22-,29-26-,33-30-,34-31-,39-37-. The number of hydrogen-bond acceptors (Lipinski definition) is 6. The van der Waals surface area contributed by atoms with Crippen molar-refractivity contribution in [1.82, 2.24) is 0 Å². The minimum Gasteiger partial charge on any atom is -0.462 e. The summed E-state index contributed by atoms with van der Waals surface area (Å²) in [5, 5.41) is 0. The molecule has 1 atom stereocenters. The van der Waals surface area contributed by atoms with Crippen LogP contribution in [-0.4, -0.2) is 37.2 Å². The highest BCUT2D eigenvalue weighted by Crippen LogP contribution is 2.16. The Morgan fingerprint density at radius 3 is 0.750 bits per heavy atom. The Kier molecular flexibility index (Phi) is 62.2. The molecule has 0 aliphatic carbocycles. The third-order valence-corrected chi connectivity index (χ3v) is 14.7. The highest BCUT2D eigenvalue weighted by Gasteiger charge is 2.19. The largest absolute Gasteiger partial charge is 0.462 e. The third kappa shape index (κ3) is 62.0. The third-order valence-electron chi connectivity index (χ3n) is 14.7. The molecule has 0 rings (SSSR count). The topological polar surface area (TPSA) is 78.9 Å². The number of hydrogen-bond donors (Lipinski definition) is 0. The molecule has 0 aromatic carbocycles. The summed E-state index contributed by atoms with van der Waals surface area (Å²) in [7, 11) is 0. The van der Waals surface area contributed by atoms with Crippen LogP contribution in [0.1, 0.15) is 348 Å². The summed E-state index contributed by atoms with van der Waals surface area (Å²) in [5.74, 6) is -0.879. The van der Waals surface area contributed by atoms with Gasteiger partial charge in [0.05, 0.1) is 0 Å². The minimum absolute atomic E-state index is 0.0797. The Morgan fingerprint density at radius 1 is 0.263 bits per heavy atom. The van der Waals surface area contributed by atoms with Gasteiger partial charge >= 0.3 is 17.9 Å². The van der Waals surface area contributed by atoms with E-state index in [9.17, 15) is 14.4 Å². The maximum Gasteiger partial charge on any atom is 0.306 e. The molecule has 0 heterocycles. The Balaban J connectivity index is 4.39. The molecule has 0 amide bonds. The lowest BCUT2D eigenvalue weighted by atomic mass is 10.1. The fourth-order valence-electron chi connectivity index (χ4n) is 9.68. The van der Waals surface area contributed by atoms with E-state index in [0.29, 0.717) is 19.3 Å². The van der Waals surface area contributed by atoms with Crippen LogP contribution in [0.4, 0.5) is 0 Å². The van der Waals surface area contributed by atoms with Gasteiger partial charge in [-0.3, -0.25) is 14.4 Å². The smallest absolute Gasteiger partial charge is 0.306 e. The van der Waals surface area contributed by atoms with E-state index >= 15 is 0 Å². The van der Waals surface area contributed by atoms with E-state index in [-0.39, 0.29) is 31.1 Å². The SMILES string of the molecule is CCCCCCC/C=C\C/C=C\C/C=C\CCCCCCCCC(=O)OCC(COC(=O)CCCCCCCCC/C=C\CCCCCCCCC)OC(=O)CCCCCCCCCCC/C=C\CCCCCCCC. The first-order valence-electron chi connectivity index (χ1n) is 33.3. The predicted octanol–water partition coefficient (Wildman–Crippen LogP) is 22.7. The van der Waals surface area contributed by atoms with Crippen molar-refractivity contribution in [3.05, 3.63) is 60.8 Å². The molecule has 6 heteroatoms. The number of carbonyl (C=O) groups excluding carboxylic acids is 3. The van der Waals surface area contributed by atoms with E-state index in [1.807, 2.05) is 0 Å². The number of allylic oxidation sites excluding steroid dienone is 10. The molecule has 442 valence electrons. The number of unbranched alkanes of at least 4 members (excludes halogenated alkanes) is 40. The van der Waals surface area contributed by atoms with Crippen molar-refractivity contribution in [3.8, 4) is 0 Å². The summed E-state index contributed by atoms with van der Waals surface area (Å²) >= 11 is 0. The molecule has 0 bridgehead atoms. The maximum atomic E-state index is 12.9. The van der Waals surface area contributed by atoms with Gasteiger partial charge in [0, 0.05) is 19.3 Å². The second-order valence-electron chi connectivity index (χ2n) is 22.4. The molecule has 0 radical (unpaired) electrons. The zero-order valence-electron chi connectivity index (χ0n) is 50.8. The van der Waals surface area contributed by atoms with E-state index in [2.05, 4.69) is 81.5 Å².